The van der Waals surface area contributed by atoms with Crippen LogP contribution < -0.4 is 5.32 Å². The summed E-state index contributed by atoms with van der Waals surface area (Å²) in [6.07, 6.45) is -8.90. The van der Waals surface area contributed by atoms with Crippen molar-refractivity contribution in [2.24, 2.45) is 23.7 Å². The van der Waals surface area contributed by atoms with Crippen molar-refractivity contribution in [3.8, 4) is 0 Å². The molecule has 3 aliphatic rings. The number of esters is 1. The standard InChI is InChI=1S/C38H72N2O12/c1-15-26-38(11,46)31(42)23(6)40(13)18-19(2)16-36(9,45)33(52-35-29(41)28(39-12)20(3)24(7)49-35)21(4)30(22(5)34(44)50-26)51-27-17-37(10,47-14)32(43)25(8)48-27/h19-33,35,39,41-43,45-46H,15-18H2,1-14H3/t19-,20+,21+,22-,23-,24-,25+,26-,27+,28+,29-,30+,31-,32+,33-,35+,36-,37-,38-/m1/s1. The molecule has 0 radical (unpaired) electrons. The van der Waals surface area contributed by atoms with Crippen molar-refractivity contribution < 1.29 is 58.7 Å². The molecule has 6 N–H and O–H groups in total. The predicted molar refractivity (Wildman–Crippen MR) is 194 cm³/mol. The predicted octanol–water partition coefficient (Wildman–Crippen LogP) is 1.80. The molecule has 3 heterocycles. The van der Waals surface area contributed by atoms with Crippen LogP contribution in [0.1, 0.15) is 95.4 Å². The largest absolute Gasteiger partial charge is 0.459 e. The molecule has 3 aliphatic heterocycles. The minimum absolute atomic E-state index is 0.0379. The number of nitrogens with one attached hydrogen (secondary N) is 1. The second-order valence-corrected chi connectivity index (χ2v) is 17.0. The van der Waals surface area contributed by atoms with Gasteiger partial charge in [0.05, 0.1) is 41.5 Å². The van der Waals surface area contributed by atoms with Crippen molar-refractivity contribution in [1.82, 2.24) is 10.2 Å². The van der Waals surface area contributed by atoms with E-state index >= 15 is 0 Å². The molecule has 0 aromatic carbocycles. The third-order valence-corrected chi connectivity index (χ3v) is 12.6. The molecule has 14 nitrogen and oxygen atoms in total. The maximum absolute atomic E-state index is 14.2. The third-order valence-electron chi connectivity index (χ3n) is 12.6. The average Bonchev–Trinajstić information content (AvgIpc) is 3.07. The molecule has 3 rings (SSSR count). The van der Waals surface area contributed by atoms with Crippen molar-refractivity contribution in [3.63, 3.8) is 0 Å². The van der Waals surface area contributed by atoms with E-state index in [4.69, 9.17) is 28.4 Å². The van der Waals surface area contributed by atoms with E-state index in [-0.39, 0.29) is 43.2 Å². The van der Waals surface area contributed by atoms with Crippen LogP contribution >= 0.6 is 0 Å². The van der Waals surface area contributed by atoms with Crippen LogP contribution in [0.5, 0.6) is 0 Å². The first-order valence-electron chi connectivity index (χ1n) is 19.2. The Bertz CT molecular complexity index is 1150. The van der Waals surface area contributed by atoms with Crippen LogP contribution in [-0.4, -0.2) is 154 Å². The lowest BCUT2D eigenvalue weighted by atomic mass is 9.77. The van der Waals surface area contributed by atoms with E-state index < -0.39 is 96.0 Å². The lowest BCUT2D eigenvalue weighted by Crippen LogP contribution is -2.62. The number of hydrogen-bond donors (Lipinski definition) is 6. The summed E-state index contributed by atoms with van der Waals surface area (Å²) in [7, 11) is 5.12. The highest BCUT2D eigenvalue weighted by molar-refractivity contribution is 5.73. The van der Waals surface area contributed by atoms with Crippen molar-refractivity contribution in [1.29, 1.82) is 0 Å². The fraction of sp³-hybridized carbons (Fsp3) is 0.974. The van der Waals surface area contributed by atoms with Crippen LogP contribution in [0.4, 0.5) is 0 Å². The van der Waals surface area contributed by atoms with Gasteiger partial charge in [0.15, 0.2) is 12.6 Å². The zero-order valence-electron chi connectivity index (χ0n) is 34.1. The molecule has 0 saturated carbocycles. The second-order valence-electron chi connectivity index (χ2n) is 17.0. The highest BCUT2D eigenvalue weighted by atomic mass is 16.7. The molecule has 19 atom stereocenters. The molecule has 0 unspecified atom stereocenters. The lowest BCUT2D eigenvalue weighted by Gasteiger charge is -2.49. The monoisotopic (exact) mass is 749 g/mol. The summed E-state index contributed by atoms with van der Waals surface area (Å²) in [5.74, 6) is -2.64. The van der Waals surface area contributed by atoms with Gasteiger partial charge in [0.1, 0.15) is 30.0 Å². The number of carbonyl (C=O) groups excluding carboxylic acids is 1. The van der Waals surface area contributed by atoms with E-state index in [0.717, 1.165) is 0 Å². The SMILES string of the molecule is CC[C@H]1OC(=O)[C@H](C)[C@@H](O[C@H]2C[C@@](C)(OC)[C@@H](O)[C@H](C)O2)[C@H](C)[C@@H](O[C@@H]2O[C@H](C)[C@H](C)[C@H](NC)[C@H]2O)[C@](C)(O)C[C@@H](C)CN(C)[C@H](C)[C@@H](O)[C@]1(C)O. The van der Waals surface area contributed by atoms with Crippen LogP contribution in [0, 0.1) is 23.7 Å². The molecule has 52 heavy (non-hydrogen) atoms. The minimum atomic E-state index is -1.80. The van der Waals surface area contributed by atoms with Crippen LogP contribution in [0.2, 0.25) is 0 Å². The molecule has 14 heteroatoms. The lowest BCUT2D eigenvalue weighted by molar-refractivity contribution is -0.319. The zero-order valence-corrected chi connectivity index (χ0v) is 34.1. The summed E-state index contributed by atoms with van der Waals surface area (Å²) in [5.41, 5.74) is -4.39. The number of aliphatic hydroxyl groups excluding tert-OH is 3. The van der Waals surface area contributed by atoms with Crippen molar-refractivity contribution >= 4 is 5.97 Å². The van der Waals surface area contributed by atoms with Crippen LogP contribution in [0.3, 0.4) is 0 Å². The Hall–Kier alpha value is -1.01. The van der Waals surface area contributed by atoms with Gasteiger partial charge in [-0.25, -0.2) is 0 Å². The van der Waals surface area contributed by atoms with Gasteiger partial charge >= 0.3 is 5.97 Å². The molecule has 306 valence electrons. The summed E-state index contributed by atoms with van der Waals surface area (Å²) in [4.78, 5) is 16.1. The van der Waals surface area contributed by atoms with E-state index in [2.05, 4.69) is 5.32 Å². The summed E-state index contributed by atoms with van der Waals surface area (Å²) in [5, 5.41) is 61.3. The second kappa shape index (κ2) is 17.8. The molecule has 0 spiro atoms. The maximum Gasteiger partial charge on any atom is 0.311 e. The van der Waals surface area contributed by atoms with E-state index in [1.807, 2.05) is 39.6 Å². The molecule has 0 aromatic rings. The number of aliphatic hydroxyl groups is 5. The van der Waals surface area contributed by atoms with E-state index in [9.17, 15) is 30.3 Å². The molecule has 0 aliphatic carbocycles. The molecule has 3 fully saturated rings. The van der Waals surface area contributed by atoms with Gasteiger partial charge in [0, 0.05) is 44.0 Å². The van der Waals surface area contributed by atoms with Gasteiger partial charge in [0.2, 0.25) is 0 Å². The van der Waals surface area contributed by atoms with Gasteiger partial charge in [-0.2, -0.15) is 0 Å². The number of hydrogen-bond acceptors (Lipinski definition) is 14. The summed E-state index contributed by atoms with van der Waals surface area (Å²) < 4.78 is 37.6. The van der Waals surface area contributed by atoms with Gasteiger partial charge in [-0.1, -0.05) is 27.7 Å². The number of nitrogens with zero attached hydrogens (tertiary/aromatic N) is 1. The van der Waals surface area contributed by atoms with Gasteiger partial charge < -0.3 is 64.2 Å². The van der Waals surface area contributed by atoms with E-state index in [1.165, 1.54) is 14.0 Å². The number of carbonyl (C=O) groups is 1. The van der Waals surface area contributed by atoms with Gasteiger partial charge in [-0.3, -0.25) is 4.79 Å². The summed E-state index contributed by atoms with van der Waals surface area (Å²) in [6.45, 7) is 20.0. The van der Waals surface area contributed by atoms with Crippen LogP contribution in [-0.2, 0) is 33.2 Å². The summed E-state index contributed by atoms with van der Waals surface area (Å²) >= 11 is 0. The highest BCUT2D eigenvalue weighted by Crippen LogP contribution is 2.40. The van der Waals surface area contributed by atoms with Crippen LogP contribution in [0.15, 0.2) is 0 Å². The Morgan fingerprint density at radius 3 is 2.08 bits per heavy atom. The maximum atomic E-state index is 14.2. The van der Waals surface area contributed by atoms with Gasteiger partial charge in [-0.15, -0.1) is 0 Å². The number of rotatable bonds is 7. The zero-order chi connectivity index (χ0) is 39.7. The van der Waals surface area contributed by atoms with E-state index in [1.54, 1.807) is 48.6 Å². The highest BCUT2D eigenvalue weighted by Gasteiger charge is 2.53. The van der Waals surface area contributed by atoms with Crippen molar-refractivity contribution in [2.45, 2.75) is 186 Å². The molecule has 0 aromatic heterocycles. The third kappa shape index (κ3) is 9.67. The fourth-order valence-corrected chi connectivity index (χ4v) is 8.82. The molecule has 0 bridgehead atoms. The Labute approximate surface area is 311 Å². The number of likely N-dealkylation sites (N-methyl/N-ethyl adjacent to an activating group) is 2. The van der Waals surface area contributed by atoms with E-state index in [0.29, 0.717) is 6.54 Å². The Morgan fingerprint density at radius 2 is 1.52 bits per heavy atom. The Morgan fingerprint density at radius 1 is 0.904 bits per heavy atom. The number of methoxy groups -OCH3 is 1. The van der Waals surface area contributed by atoms with Gasteiger partial charge in [-0.05, 0) is 81.3 Å². The molecular weight excluding hydrogens is 676 g/mol. The van der Waals surface area contributed by atoms with Crippen LogP contribution in [0.25, 0.3) is 0 Å². The first kappa shape index (κ1) is 45.4. The topological polar surface area (TPSA) is 189 Å². The Kier molecular flexibility index (Phi) is 15.6. The molecular formula is C38H72N2O12. The summed E-state index contributed by atoms with van der Waals surface area (Å²) in [6, 6.07) is -0.893. The quantitative estimate of drug-likeness (QED) is 0.207. The first-order chi connectivity index (χ1) is 24.0. The van der Waals surface area contributed by atoms with Crippen molar-refractivity contribution in [2.75, 3.05) is 27.7 Å². The number of cyclic esters (lactones) is 1. The minimum Gasteiger partial charge on any atom is -0.459 e. The van der Waals surface area contributed by atoms with Crippen molar-refractivity contribution in [3.05, 3.63) is 0 Å². The average molecular weight is 749 g/mol. The van der Waals surface area contributed by atoms with Gasteiger partial charge in [0.25, 0.3) is 0 Å². The Balaban J connectivity index is 2.18. The molecule has 3 saturated heterocycles. The smallest absolute Gasteiger partial charge is 0.311 e. The normalized spacial score (nSPS) is 50.9. The number of ether oxygens (including phenoxy) is 6. The first-order valence-corrected chi connectivity index (χ1v) is 19.2. The molecule has 0 amide bonds. The fourth-order valence-electron chi connectivity index (χ4n) is 8.82.